The molecule has 0 radical (unpaired) electrons. The van der Waals surface area contributed by atoms with Crippen LogP contribution in [0.2, 0.25) is 0 Å². The smallest absolute Gasteiger partial charge is 0.211 e. The second kappa shape index (κ2) is 11.0. The van der Waals surface area contributed by atoms with Gasteiger partial charge in [0.1, 0.15) is 0 Å². The molecule has 0 unspecified atom stereocenters. The van der Waals surface area contributed by atoms with Crippen LogP contribution in [0.4, 0.5) is 5.69 Å². The van der Waals surface area contributed by atoms with Gasteiger partial charge in [-0.1, -0.05) is 24.3 Å². The summed E-state index contributed by atoms with van der Waals surface area (Å²) in [4.78, 5) is 4.68. The van der Waals surface area contributed by atoms with E-state index in [4.69, 9.17) is 9.47 Å². The number of benzene rings is 2. The Hall–Kier alpha value is -2.78. The topological polar surface area (TPSA) is 101 Å². The van der Waals surface area contributed by atoms with E-state index in [1.54, 1.807) is 6.92 Å². The van der Waals surface area contributed by atoms with Crippen LogP contribution in [-0.2, 0) is 16.6 Å². The zero-order valence-electron chi connectivity index (χ0n) is 18.0. The van der Waals surface area contributed by atoms with E-state index >= 15 is 0 Å². The molecule has 0 atom stereocenters. The quantitative estimate of drug-likeness (QED) is 0.327. The van der Waals surface area contributed by atoms with Gasteiger partial charge in [-0.15, -0.1) is 0 Å². The highest BCUT2D eigenvalue weighted by Gasteiger charge is 2.12. The average molecular weight is 447 g/mol. The highest BCUT2D eigenvalue weighted by atomic mass is 32.2. The largest absolute Gasteiger partial charge is 0.490 e. The zero-order chi connectivity index (χ0) is 22.1. The van der Waals surface area contributed by atoms with Gasteiger partial charge in [-0.2, -0.15) is 0 Å². The maximum atomic E-state index is 11.6. The summed E-state index contributed by atoms with van der Waals surface area (Å²) < 4.78 is 37.3. The molecular formula is C22H30N4O4S. The summed E-state index contributed by atoms with van der Waals surface area (Å²) in [5.74, 6) is 2.02. The lowest BCUT2D eigenvalue weighted by molar-refractivity contribution is 0.297. The molecule has 31 heavy (non-hydrogen) atoms. The van der Waals surface area contributed by atoms with Crippen molar-refractivity contribution in [3.8, 4) is 11.5 Å². The van der Waals surface area contributed by atoms with Crippen molar-refractivity contribution in [3.05, 3.63) is 53.6 Å². The number of guanidine groups is 1. The van der Waals surface area contributed by atoms with Gasteiger partial charge >= 0.3 is 0 Å². The third-order valence-corrected chi connectivity index (χ3v) is 6.20. The second-order valence-corrected chi connectivity index (χ2v) is 9.25. The van der Waals surface area contributed by atoms with Crippen LogP contribution in [0.1, 0.15) is 24.5 Å². The van der Waals surface area contributed by atoms with Gasteiger partial charge in [-0.3, -0.25) is 0 Å². The minimum Gasteiger partial charge on any atom is -0.490 e. The summed E-state index contributed by atoms with van der Waals surface area (Å²) in [6.07, 6.45) is 0.843. The lowest BCUT2D eigenvalue weighted by Gasteiger charge is -2.15. The first kappa shape index (κ1) is 22.9. The molecule has 1 aliphatic heterocycles. The Morgan fingerprint density at radius 2 is 1.84 bits per heavy atom. The first-order valence-electron chi connectivity index (χ1n) is 10.4. The molecule has 0 amide bonds. The number of sulfonamides is 1. The third kappa shape index (κ3) is 7.15. The molecule has 1 heterocycles. The molecule has 0 aromatic heterocycles. The molecule has 8 nitrogen and oxygen atoms in total. The van der Waals surface area contributed by atoms with Crippen LogP contribution in [0.3, 0.4) is 0 Å². The number of nitrogens with one attached hydrogen (secondary N) is 3. The molecule has 2 aromatic rings. The van der Waals surface area contributed by atoms with E-state index in [9.17, 15) is 8.42 Å². The average Bonchev–Trinajstić information content (AvgIpc) is 3.01. The Balaban J connectivity index is 1.71. The van der Waals surface area contributed by atoms with Gasteiger partial charge in [0, 0.05) is 31.3 Å². The highest BCUT2D eigenvalue weighted by molar-refractivity contribution is 7.89. The Labute approximate surface area is 184 Å². The molecule has 9 heteroatoms. The molecule has 3 N–H and O–H groups in total. The summed E-state index contributed by atoms with van der Waals surface area (Å²) >= 11 is 0. The normalized spacial score (nSPS) is 14.1. The lowest BCUT2D eigenvalue weighted by atomic mass is 10.1. The molecule has 2 aromatic carbocycles. The Kier molecular flexibility index (Phi) is 8.13. The number of hydrogen-bond donors (Lipinski definition) is 3. The summed E-state index contributed by atoms with van der Waals surface area (Å²) in [5.41, 5.74) is 3.08. The van der Waals surface area contributed by atoms with Crippen molar-refractivity contribution in [2.75, 3.05) is 37.4 Å². The highest BCUT2D eigenvalue weighted by Crippen LogP contribution is 2.32. The number of fused-ring (bicyclic) bond motifs is 1. The summed E-state index contributed by atoms with van der Waals surface area (Å²) in [6.45, 7) is 6.06. The van der Waals surface area contributed by atoms with Crippen LogP contribution in [0, 0.1) is 6.92 Å². The molecule has 3 rings (SSSR count). The fourth-order valence-corrected chi connectivity index (χ4v) is 3.58. The van der Waals surface area contributed by atoms with E-state index in [1.165, 1.54) is 0 Å². The minimum absolute atomic E-state index is 0.0523. The number of rotatable bonds is 8. The molecule has 0 aliphatic carbocycles. The van der Waals surface area contributed by atoms with E-state index in [0.717, 1.165) is 29.0 Å². The number of aryl methyl sites for hydroxylation is 1. The standard InChI is InChI=1S/C22H30N4O4S/c1-3-31(27,28)25-12-11-23-22(24-16-18-8-5-4-7-17(18)2)26-19-9-10-20-21(15-19)30-14-6-13-29-20/h4-5,7-10,15,25H,3,6,11-14,16H2,1-2H3,(H2,23,24,26). The molecule has 0 bridgehead atoms. The molecule has 0 spiro atoms. The number of nitrogens with zero attached hydrogens (tertiary/aromatic N) is 1. The van der Waals surface area contributed by atoms with E-state index in [0.29, 0.717) is 38.0 Å². The van der Waals surface area contributed by atoms with Crippen molar-refractivity contribution in [1.29, 1.82) is 0 Å². The van der Waals surface area contributed by atoms with Crippen molar-refractivity contribution in [3.63, 3.8) is 0 Å². The van der Waals surface area contributed by atoms with Crippen molar-refractivity contribution >= 4 is 21.7 Å². The van der Waals surface area contributed by atoms with Crippen LogP contribution < -0.4 is 24.8 Å². The number of ether oxygens (including phenoxy) is 2. The number of aliphatic imine (C=N–C) groups is 1. The third-order valence-electron chi connectivity index (χ3n) is 4.80. The summed E-state index contributed by atoms with van der Waals surface area (Å²) in [6, 6.07) is 13.7. The van der Waals surface area contributed by atoms with Crippen LogP contribution in [0.5, 0.6) is 11.5 Å². The van der Waals surface area contributed by atoms with Gasteiger partial charge in [-0.25, -0.2) is 18.1 Å². The van der Waals surface area contributed by atoms with Crippen molar-refractivity contribution in [1.82, 2.24) is 10.0 Å². The first-order valence-corrected chi connectivity index (χ1v) is 12.1. The zero-order valence-corrected chi connectivity index (χ0v) is 18.8. The predicted molar refractivity (Wildman–Crippen MR) is 123 cm³/mol. The van der Waals surface area contributed by atoms with Crippen molar-refractivity contribution in [2.45, 2.75) is 26.8 Å². The number of anilines is 1. The molecule has 0 fully saturated rings. The van der Waals surface area contributed by atoms with Crippen molar-refractivity contribution in [2.24, 2.45) is 4.99 Å². The maximum absolute atomic E-state index is 11.6. The minimum atomic E-state index is -3.23. The van der Waals surface area contributed by atoms with E-state index in [2.05, 4.69) is 33.3 Å². The fraction of sp³-hybridized carbons (Fsp3) is 0.409. The van der Waals surface area contributed by atoms with Gasteiger partial charge < -0.3 is 20.1 Å². The molecule has 0 saturated heterocycles. The monoisotopic (exact) mass is 446 g/mol. The predicted octanol–water partition coefficient (Wildman–Crippen LogP) is 2.65. The Bertz CT molecular complexity index is 1010. The SMILES string of the molecule is CCS(=O)(=O)NCCNC(=NCc1ccccc1C)Nc1ccc2c(c1)OCCCO2. The van der Waals surface area contributed by atoms with Crippen LogP contribution in [0.25, 0.3) is 0 Å². The van der Waals surface area contributed by atoms with E-state index in [-0.39, 0.29) is 12.3 Å². The first-order chi connectivity index (χ1) is 15.0. The van der Waals surface area contributed by atoms with E-state index in [1.807, 2.05) is 36.4 Å². The molecule has 1 aliphatic rings. The Morgan fingerprint density at radius 3 is 2.61 bits per heavy atom. The fourth-order valence-electron chi connectivity index (χ4n) is 2.96. The van der Waals surface area contributed by atoms with Gasteiger partial charge in [0.15, 0.2) is 17.5 Å². The summed E-state index contributed by atoms with van der Waals surface area (Å²) in [7, 11) is -3.23. The molecule has 168 valence electrons. The van der Waals surface area contributed by atoms with Crippen LogP contribution in [-0.4, -0.2) is 46.4 Å². The summed E-state index contributed by atoms with van der Waals surface area (Å²) in [5, 5.41) is 6.46. The second-order valence-electron chi connectivity index (χ2n) is 7.15. The van der Waals surface area contributed by atoms with Gasteiger partial charge in [0.05, 0.1) is 25.5 Å². The van der Waals surface area contributed by atoms with Crippen LogP contribution in [0.15, 0.2) is 47.5 Å². The van der Waals surface area contributed by atoms with Gasteiger partial charge in [-0.05, 0) is 37.1 Å². The van der Waals surface area contributed by atoms with Gasteiger partial charge in [0.2, 0.25) is 10.0 Å². The lowest BCUT2D eigenvalue weighted by Crippen LogP contribution is -2.38. The van der Waals surface area contributed by atoms with Crippen molar-refractivity contribution < 1.29 is 17.9 Å². The van der Waals surface area contributed by atoms with Gasteiger partial charge in [0.25, 0.3) is 0 Å². The van der Waals surface area contributed by atoms with E-state index < -0.39 is 10.0 Å². The molecule has 0 saturated carbocycles. The van der Waals surface area contributed by atoms with Crippen LogP contribution >= 0.6 is 0 Å². The number of hydrogen-bond acceptors (Lipinski definition) is 5. The Morgan fingerprint density at radius 1 is 1.06 bits per heavy atom. The maximum Gasteiger partial charge on any atom is 0.211 e. The molecular weight excluding hydrogens is 416 g/mol.